The fraction of sp³-hybridized carbons (Fsp3) is 0.381. The lowest BCUT2D eigenvalue weighted by atomic mass is 10.0. The van der Waals surface area contributed by atoms with E-state index in [1.165, 1.54) is 12.3 Å². The van der Waals surface area contributed by atoms with Gasteiger partial charge in [0.1, 0.15) is 11.3 Å². The minimum atomic E-state index is -0.580. The van der Waals surface area contributed by atoms with Crippen molar-refractivity contribution in [1.82, 2.24) is 9.88 Å². The van der Waals surface area contributed by atoms with Crippen molar-refractivity contribution in [3.05, 3.63) is 52.3 Å². The first-order valence-corrected chi connectivity index (χ1v) is 9.55. The van der Waals surface area contributed by atoms with Gasteiger partial charge in [0, 0.05) is 50.2 Å². The van der Waals surface area contributed by atoms with Crippen LogP contribution in [0, 0.1) is 21.4 Å². The lowest BCUT2D eigenvalue weighted by molar-refractivity contribution is -0.384. The summed E-state index contributed by atoms with van der Waals surface area (Å²) < 4.78 is 5.41. The number of nitrogens with zero attached hydrogens (tertiary/aromatic N) is 5. The van der Waals surface area contributed by atoms with E-state index in [9.17, 15) is 20.2 Å². The van der Waals surface area contributed by atoms with Crippen molar-refractivity contribution in [2.75, 3.05) is 31.1 Å². The van der Waals surface area contributed by atoms with Crippen LogP contribution in [-0.4, -0.2) is 52.7 Å². The van der Waals surface area contributed by atoms with Crippen LogP contribution < -0.4 is 4.90 Å². The van der Waals surface area contributed by atoms with E-state index < -0.39 is 10.5 Å². The van der Waals surface area contributed by atoms with Gasteiger partial charge in [-0.2, -0.15) is 5.26 Å². The monoisotopic (exact) mass is 409 g/mol. The standard InChI is InChI=1S/C21H23N5O4/c1-21(2,3)30-20(27)25-10-8-24(9-11-25)19-12-15(4-5-18(19)26(28)29)17-14-23-7-6-16(17)13-22/h4-7,12,14H,8-11H2,1-3H3. The van der Waals surface area contributed by atoms with Crippen LogP contribution in [0.15, 0.2) is 36.7 Å². The SMILES string of the molecule is CC(C)(C)OC(=O)N1CCN(c2cc(-c3cnccc3C#N)ccc2[N+](=O)[O-])CC1. The summed E-state index contributed by atoms with van der Waals surface area (Å²) in [5.74, 6) is 0. The molecule has 1 saturated heterocycles. The minimum Gasteiger partial charge on any atom is -0.444 e. The molecule has 1 aliphatic rings. The molecule has 1 aliphatic heterocycles. The summed E-state index contributed by atoms with van der Waals surface area (Å²) in [7, 11) is 0. The third-order valence-electron chi connectivity index (χ3n) is 4.70. The summed E-state index contributed by atoms with van der Waals surface area (Å²) in [4.78, 5) is 31.0. The van der Waals surface area contributed by atoms with Crippen LogP contribution >= 0.6 is 0 Å². The van der Waals surface area contributed by atoms with Crippen LogP contribution in [0.4, 0.5) is 16.2 Å². The molecule has 0 bridgehead atoms. The van der Waals surface area contributed by atoms with Gasteiger partial charge in [0.15, 0.2) is 0 Å². The van der Waals surface area contributed by atoms with E-state index in [-0.39, 0.29) is 11.8 Å². The molecule has 2 heterocycles. The Morgan fingerprint density at radius 1 is 1.23 bits per heavy atom. The minimum absolute atomic E-state index is 0.0214. The van der Waals surface area contributed by atoms with Gasteiger partial charge in [0.2, 0.25) is 0 Å². The van der Waals surface area contributed by atoms with E-state index in [1.54, 1.807) is 29.3 Å². The van der Waals surface area contributed by atoms with E-state index in [0.717, 1.165) is 0 Å². The third kappa shape index (κ3) is 4.66. The molecule has 0 aliphatic carbocycles. The number of ether oxygens (including phenoxy) is 1. The highest BCUT2D eigenvalue weighted by atomic mass is 16.6. The van der Waals surface area contributed by atoms with Gasteiger partial charge in [0.25, 0.3) is 5.69 Å². The van der Waals surface area contributed by atoms with Crippen LogP contribution in [0.25, 0.3) is 11.1 Å². The fourth-order valence-corrected chi connectivity index (χ4v) is 3.28. The van der Waals surface area contributed by atoms with Gasteiger partial charge in [-0.05, 0) is 44.5 Å². The number of nitro groups is 1. The highest BCUT2D eigenvalue weighted by Crippen LogP contribution is 2.34. The molecular weight excluding hydrogens is 386 g/mol. The van der Waals surface area contributed by atoms with Crippen molar-refractivity contribution in [2.45, 2.75) is 26.4 Å². The molecule has 30 heavy (non-hydrogen) atoms. The Morgan fingerprint density at radius 3 is 2.53 bits per heavy atom. The Bertz CT molecular complexity index is 1000. The van der Waals surface area contributed by atoms with E-state index in [2.05, 4.69) is 11.1 Å². The highest BCUT2D eigenvalue weighted by molar-refractivity contribution is 5.77. The van der Waals surface area contributed by atoms with Crippen LogP contribution in [0.5, 0.6) is 0 Å². The van der Waals surface area contributed by atoms with Crippen LogP contribution in [0.3, 0.4) is 0 Å². The number of amides is 1. The molecule has 0 saturated carbocycles. The molecule has 0 unspecified atom stereocenters. The second-order valence-electron chi connectivity index (χ2n) is 7.95. The number of nitriles is 1. The Hall–Kier alpha value is -3.67. The lowest BCUT2D eigenvalue weighted by Gasteiger charge is -2.36. The number of piperazine rings is 1. The first kappa shape index (κ1) is 21.0. The van der Waals surface area contributed by atoms with Gasteiger partial charge in [0.05, 0.1) is 16.6 Å². The maximum Gasteiger partial charge on any atom is 0.410 e. The molecule has 0 N–H and O–H groups in total. The quantitative estimate of drug-likeness (QED) is 0.562. The zero-order chi connectivity index (χ0) is 21.9. The Balaban J connectivity index is 1.86. The molecule has 0 radical (unpaired) electrons. The average molecular weight is 409 g/mol. The van der Waals surface area contributed by atoms with Crippen LogP contribution in [-0.2, 0) is 4.74 Å². The molecule has 9 nitrogen and oxygen atoms in total. The van der Waals surface area contributed by atoms with Crippen molar-refractivity contribution in [3.63, 3.8) is 0 Å². The van der Waals surface area contributed by atoms with E-state index >= 15 is 0 Å². The summed E-state index contributed by atoms with van der Waals surface area (Å²) in [5.41, 5.74) is 1.59. The molecule has 0 spiro atoms. The van der Waals surface area contributed by atoms with Gasteiger partial charge >= 0.3 is 6.09 Å². The predicted octanol–water partition coefficient (Wildman–Crippen LogP) is 3.59. The number of aromatic nitrogens is 1. The Labute approximate surface area is 174 Å². The molecule has 2 aromatic rings. The molecule has 1 aromatic heterocycles. The summed E-state index contributed by atoms with van der Waals surface area (Å²) in [6.45, 7) is 7.08. The van der Waals surface area contributed by atoms with Crippen molar-refractivity contribution in [3.8, 4) is 17.2 Å². The van der Waals surface area contributed by atoms with E-state index in [4.69, 9.17) is 4.74 Å². The second kappa shape index (κ2) is 8.37. The average Bonchev–Trinajstić information content (AvgIpc) is 2.72. The number of hydrogen-bond acceptors (Lipinski definition) is 7. The van der Waals surface area contributed by atoms with Crippen molar-refractivity contribution >= 4 is 17.5 Å². The molecule has 156 valence electrons. The van der Waals surface area contributed by atoms with Crippen LogP contribution in [0.1, 0.15) is 26.3 Å². The van der Waals surface area contributed by atoms with Crippen molar-refractivity contribution < 1.29 is 14.5 Å². The molecule has 3 rings (SSSR count). The lowest BCUT2D eigenvalue weighted by Crippen LogP contribution is -2.50. The van der Waals surface area contributed by atoms with E-state index in [1.807, 2.05) is 25.7 Å². The molecule has 9 heteroatoms. The molecule has 0 atom stereocenters. The van der Waals surface area contributed by atoms with Gasteiger partial charge in [-0.15, -0.1) is 0 Å². The zero-order valence-corrected chi connectivity index (χ0v) is 17.2. The van der Waals surface area contributed by atoms with Gasteiger partial charge in [-0.1, -0.05) is 0 Å². The van der Waals surface area contributed by atoms with Crippen molar-refractivity contribution in [1.29, 1.82) is 5.26 Å². The summed E-state index contributed by atoms with van der Waals surface area (Å²) >= 11 is 0. The van der Waals surface area contributed by atoms with E-state index in [0.29, 0.717) is 48.6 Å². The number of hydrogen-bond donors (Lipinski definition) is 0. The smallest absolute Gasteiger partial charge is 0.410 e. The summed E-state index contributed by atoms with van der Waals surface area (Å²) in [6, 6.07) is 8.50. The Kier molecular flexibility index (Phi) is 5.87. The van der Waals surface area contributed by atoms with Gasteiger partial charge < -0.3 is 14.5 Å². The van der Waals surface area contributed by atoms with Gasteiger partial charge in [-0.3, -0.25) is 15.1 Å². The normalized spacial score (nSPS) is 14.2. The fourth-order valence-electron chi connectivity index (χ4n) is 3.28. The molecule has 1 amide bonds. The maximum absolute atomic E-state index is 12.3. The number of pyridine rings is 1. The number of rotatable bonds is 3. The highest BCUT2D eigenvalue weighted by Gasteiger charge is 2.29. The number of carbonyl (C=O) groups excluding carboxylic acids is 1. The summed E-state index contributed by atoms with van der Waals surface area (Å²) in [6.07, 6.45) is 2.72. The largest absolute Gasteiger partial charge is 0.444 e. The predicted molar refractivity (Wildman–Crippen MR) is 111 cm³/mol. The van der Waals surface area contributed by atoms with Crippen LogP contribution in [0.2, 0.25) is 0 Å². The molecular formula is C21H23N5O4. The number of anilines is 1. The maximum atomic E-state index is 12.3. The molecule has 1 aromatic carbocycles. The summed E-state index contributed by atoms with van der Waals surface area (Å²) in [5, 5.41) is 21.0. The number of carbonyl (C=O) groups is 1. The van der Waals surface area contributed by atoms with Gasteiger partial charge in [-0.25, -0.2) is 4.79 Å². The Morgan fingerprint density at radius 2 is 1.93 bits per heavy atom. The van der Waals surface area contributed by atoms with Crippen molar-refractivity contribution in [2.24, 2.45) is 0 Å². The number of nitro benzene ring substituents is 1. The second-order valence-corrected chi connectivity index (χ2v) is 7.95. The third-order valence-corrected chi connectivity index (χ3v) is 4.70. The first-order valence-electron chi connectivity index (χ1n) is 9.55. The first-order chi connectivity index (χ1) is 14.2. The zero-order valence-electron chi connectivity index (χ0n) is 17.2. The molecule has 1 fully saturated rings. The topological polar surface area (TPSA) is 113 Å². The number of benzene rings is 1.